The zero-order valence-electron chi connectivity index (χ0n) is 18.8. The largest absolute Gasteiger partial charge is 0.325 e. The van der Waals surface area contributed by atoms with Crippen LogP contribution in [0.15, 0.2) is 0 Å². The lowest BCUT2D eigenvalue weighted by Crippen LogP contribution is -2.47. The van der Waals surface area contributed by atoms with E-state index in [9.17, 15) is 0 Å². The summed E-state index contributed by atoms with van der Waals surface area (Å²) in [6.45, 7) is 9.23. The topological polar surface area (TPSA) is 26.0 Å². The fourth-order valence-corrected chi connectivity index (χ4v) is 4.24. The van der Waals surface area contributed by atoms with Crippen LogP contribution in [0.25, 0.3) is 0 Å². The molecule has 0 aromatic carbocycles. The molecule has 0 aliphatic rings. The van der Waals surface area contributed by atoms with E-state index in [1.54, 1.807) is 0 Å². The Morgan fingerprint density at radius 3 is 1.38 bits per heavy atom. The van der Waals surface area contributed by atoms with Gasteiger partial charge in [-0.15, -0.1) is 17.0 Å². The van der Waals surface area contributed by atoms with Gasteiger partial charge in [-0.3, -0.25) is 0 Å². The van der Waals surface area contributed by atoms with Crippen molar-refractivity contribution < 1.29 is 0 Å². The molecule has 0 aliphatic heterocycles. The van der Waals surface area contributed by atoms with Crippen molar-refractivity contribution in [3.8, 4) is 0 Å². The second-order valence-corrected chi connectivity index (χ2v) is 8.54. The summed E-state index contributed by atoms with van der Waals surface area (Å²) in [4.78, 5) is 0. The van der Waals surface area contributed by atoms with Crippen LogP contribution < -0.4 is 5.73 Å². The average molecular weight is 435 g/mol. The molecule has 0 radical (unpaired) electrons. The summed E-state index contributed by atoms with van der Waals surface area (Å²) < 4.78 is 0. The number of rotatable bonds is 19. The molecule has 0 bridgehead atoms. The molecule has 0 aromatic rings. The molecule has 0 aliphatic carbocycles. The van der Waals surface area contributed by atoms with Crippen molar-refractivity contribution in [3.63, 3.8) is 0 Å². The van der Waals surface area contributed by atoms with Gasteiger partial charge in [-0.2, -0.15) is 0 Å². The Hall–Kier alpha value is 0.440. The van der Waals surface area contributed by atoms with E-state index in [4.69, 9.17) is 5.73 Å². The second kappa shape index (κ2) is 20.2. The van der Waals surface area contributed by atoms with Crippen LogP contribution >= 0.6 is 17.0 Å². The van der Waals surface area contributed by atoms with Gasteiger partial charge < -0.3 is 5.73 Å². The Labute approximate surface area is 177 Å². The molecule has 0 saturated heterocycles. The van der Waals surface area contributed by atoms with E-state index in [0.717, 1.165) is 5.92 Å². The lowest BCUT2D eigenvalue weighted by molar-refractivity contribution is 0.193. The highest BCUT2D eigenvalue weighted by atomic mass is 79.9. The van der Waals surface area contributed by atoms with E-state index < -0.39 is 0 Å². The van der Waals surface area contributed by atoms with Crippen LogP contribution in [0.1, 0.15) is 143 Å². The normalized spacial score (nSPS) is 12.8. The van der Waals surface area contributed by atoms with Crippen molar-refractivity contribution in [2.24, 2.45) is 11.7 Å². The molecule has 2 N–H and O–H groups in total. The zero-order valence-corrected chi connectivity index (χ0v) is 20.5. The Morgan fingerprint density at radius 1 is 0.538 bits per heavy atom. The van der Waals surface area contributed by atoms with Crippen LogP contribution in [0.2, 0.25) is 0 Å². The van der Waals surface area contributed by atoms with Crippen LogP contribution in [0.4, 0.5) is 0 Å². The minimum atomic E-state index is 0. The molecule has 1 unspecified atom stereocenters. The van der Waals surface area contributed by atoms with Gasteiger partial charge in [0.2, 0.25) is 0 Å². The number of nitrogens with two attached hydrogens (primary N) is 1. The second-order valence-electron chi connectivity index (χ2n) is 8.54. The number of unbranched alkanes of at least 4 members (excludes halogenated alkanes) is 10. The Kier molecular flexibility index (Phi) is 22.2. The predicted molar refractivity (Wildman–Crippen MR) is 127 cm³/mol. The van der Waals surface area contributed by atoms with Crippen molar-refractivity contribution >= 4 is 17.0 Å². The van der Waals surface area contributed by atoms with Gasteiger partial charge in [0.15, 0.2) is 0 Å². The quantitative estimate of drug-likeness (QED) is 0.202. The summed E-state index contributed by atoms with van der Waals surface area (Å²) in [5, 5.41) is 0. The van der Waals surface area contributed by atoms with Gasteiger partial charge in [-0.1, -0.05) is 118 Å². The van der Waals surface area contributed by atoms with Crippen molar-refractivity contribution in [3.05, 3.63) is 0 Å². The van der Waals surface area contributed by atoms with E-state index in [1.165, 1.54) is 116 Å². The third kappa shape index (κ3) is 14.5. The van der Waals surface area contributed by atoms with Crippen LogP contribution in [0.3, 0.4) is 0 Å². The maximum atomic E-state index is 7.05. The van der Waals surface area contributed by atoms with Crippen molar-refractivity contribution in [2.45, 2.75) is 149 Å². The number of halogens is 1. The molecule has 1 atom stereocenters. The van der Waals surface area contributed by atoms with Gasteiger partial charge in [0.05, 0.1) is 0 Å². The molecule has 160 valence electrons. The molecule has 26 heavy (non-hydrogen) atoms. The summed E-state index contributed by atoms with van der Waals surface area (Å²) in [7, 11) is 0. The molecular weight excluding hydrogens is 382 g/mol. The first-order valence-electron chi connectivity index (χ1n) is 11.9. The van der Waals surface area contributed by atoms with E-state index >= 15 is 0 Å². The molecule has 0 aromatic heterocycles. The molecule has 0 heterocycles. The van der Waals surface area contributed by atoms with Gasteiger partial charge in [0, 0.05) is 5.54 Å². The fraction of sp³-hybridized carbons (Fsp3) is 1.00. The number of hydrogen-bond donors (Lipinski definition) is 1. The first-order valence-corrected chi connectivity index (χ1v) is 11.9. The van der Waals surface area contributed by atoms with E-state index in [1.807, 2.05) is 0 Å². The smallest absolute Gasteiger partial charge is 0.0182 e. The average Bonchev–Trinajstić information content (AvgIpc) is 2.62. The summed E-state index contributed by atoms with van der Waals surface area (Å²) in [5.74, 6) is 0.755. The van der Waals surface area contributed by atoms with Crippen molar-refractivity contribution in [1.29, 1.82) is 0 Å². The van der Waals surface area contributed by atoms with Crippen molar-refractivity contribution in [2.75, 3.05) is 0 Å². The maximum Gasteiger partial charge on any atom is 0.0182 e. The highest BCUT2D eigenvalue weighted by Crippen LogP contribution is 2.34. The third-order valence-corrected chi connectivity index (χ3v) is 6.12. The molecule has 0 amide bonds. The maximum absolute atomic E-state index is 7.05. The van der Waals surface area contributed by atoms with Gasteiger partial charge >= 0.3 is 0 Å². The zero-order chi connectivity index (χ0) is 18.8. The molecule has 2 heteroatoms. The van der Waals surface area contributed by atoms with E-state index in [-0.39, 0.29) is 22.5 Å². The van der Waals surface area contributed by atoms with E-state index in [0.29, 0.717) is 0 Å². The monoisotopic (exact) mass is 433 g/mol. The first-order chi connectivity index (χ1) is 12.1. The summed E-state index contributed by atoms with van der Waals surface area (Å²) in [5.41, 5.74) is 7.16. The molecule has 0 spiro atoms. The minimum absolute atomic E-state index is 0. The number of hydrogen-bond acceptors (Lipinski definition) is 1. The Balaban J connectivity index is 0. The summed E-state index contributed by atoms with van der Waals surface area (Å²) in [6, 6.07) is 0. The highest BCUT2D eigenvalue weighted by Gasteiger charge is 2.32. The standard InChI is InChI=1S/C24H51N.BrH/c1-5-9-13-14-15-16-17-18-20-23(19-10-6-2)24(25,21-11-7-3)22-12-8-4;/h23H,5-22,25H2,1-4H3;1H. The lowest BCUT2D eigenvalue weighted by Gasteiger charge is -2.39. The Bertz CT molecular complexity index is 259. The Morgan fingerprint density at radius 2 is 0.923 bits per heavy atom. The van der Waals surface area contributed by atoms with Gasteiger partial charge in [-0.25, -0.2) is 0 Å². The van der Waals surface area contributed by atoms with Crippen molar-refractivity contribution in [1.82, 2.24) is 0 Å². The van der Waals surface area contributed by atoms with Crippen LogP contribution in [-0.4, -0.2) is 5.54 Å². The third-order valence-electron chi connectivity index (χ3n) is 6.12. The molecule has 0 saturated carbocycles. The molecule has 0 rings (SSSR count). The van der Waals surface area contributed by atoms with Gasteiger partial charge in [0.1, 0.15) is 0 Å². The highest BCUT2D eigenvalue weighted by molar-refractivity contribution is 8.93. The minimum Gasteiger partial charge on any atom is -0.325 e. The van der Waals surface area contributed by atoms with Crippen LogP contribution in [-0.2, 0) is 0 Å². The first kappa shape index (κ1) is 28.6. The van der Waals surface area contributed by atoms with E-state index in [2.05, 4.69) is 27.7 Å². The summed E-state index contributed by atoms with van der Waals surface area (Å²) in [6.07, 6.45) is 24.4. The molecule has 0 fully saturated rings. The molecular formula is C24H52BrN. The summed E-state index contributed by atoms with van der Waals surface area (Å²) >= 11 is 0. The van der Waals surface area contributed by atoms with Gasteiger partial charge in [-0.05, 0) is 31.6 Å². The molecule has 1 nitrogen and oxygen atoms in total. The van der Waals surface area contributed by atoms with Crippen LogP contribution in [0.5, 0.6) is 0 Å². The predicted octanol–water partition coefficient (Wildman–Crippen LogP) is 8.98. The van der Waals surface area contributed by atoms with Crippen LogP contribution in [0, 0.1) is 5.92 Å². The fourth-order valence-electron chi connectivity index (χ4n) is 4.24. The van der Waals surface area contributed by atoms with Gasteiger partial charge in [0.25, 0.3) is 0 Å². The lowest BCUT2D eigenvalue weighted by atomic mass is 9.72. The SMILES string of the molecule is Br.CCCCCCCCCCC(CCCC)C(N)(CCCC)CCCC.